The fourth-order valence-corrected chi connectivity index (χ4v) is 3.81. The lowest BCUT2D eigenvalue weighted by molar-refractivity contribution is 0.712. The molecule has 0 unspecified atom stereocenters. The van der Waals surface area contributed by atoms with Gasteiger partial charge in [0, 0.05) is 16.3 Å². The van der Waals surface area contributed by atoms with Gasteiger partial charge in [-0.15, -0.1) is 0 Å². The Kier molecular flexibility index (Phi) is 3.88. The van der Waals surface area contributed by atoms with Gasteiger partial charge < -0.3 is 10.6 Å². The summed E-state index contributed by atoms with van der Waals surface area (Å²) in [6.07, 6.45) is 3.69. The van der Waals surface area contributed by atoms with Crippen LogP contribution in [0, 0.1) is 0 Å². The van der Waals surface area contributed by atoms with Gasteiger partial charge in [-0.1, -0.05) is 49.7 Å². The van der Waals surface area contributed by atoms with Crippen LogP contribution in [0.2, 0.25) is 0 Å². The molecule has 2 aromatic carbocycles. The van der Waals surface area contributed by atoms with Crippen LogP contribution >= 0.6 is 11.8 Å². The fraction of sp³-hybridized carbons (Fsp3) is 0.294. The van der Waals surface area contributed by atoms with Crippen molar-refractivity contribution >= 4 is 28.8 Å². The Balaban J connectivity index is 2.02. The zero-order chi connectivity index (χ0) is 13.9. The molecule has 2 nitrogen and oxygen atoms in total. The second-order valence-electron chi connectivity index (χ2n) is 5.12. The van der Waals surface area contributed by atoms with E-state index in [1.165, 1.54) is 40.4 Å². The summed E-state index contributed by atoms with van der Waals surface area (Å²) in [6.45, 7) is 3.27. The zero-order valence-electron chi connectivity index (χ0n) is 11.8. The van der Waals surface area contributed by atoms with E-state index in [0.717, 1.165) is 12.2 Å². The molecule has 104 valence electrons. The molecule has 0 aliphatic carbocycles. The molecule has 0 bridgehead atoms. The summed E-state index contributed by atoms with van der Waals surface area (Å²) in [5.74, 6) is 0. The van der Waals surface area contributed by atoms with Crippen molar-refractivity contribution < 1.29 is 0 Å². The van der Waals surface area contributed by atoms with E-state index in [4.69, 9.17) is 5.73 Å². The minimum atomic E-state index is 0.876. The second-order valence-corrected chi connectivity index (χ2v) is 6.21. The predicted molar refractivity (Wildman–Crippen MR) is 88.0 cm³/mol. The normalized spacial score (nSPS) is 12.9. The SMILES string of the molecule is CCCCCN1c2ccccc2Sc2cccc(N)c21. The van der Waals surface area contributed by atoms with Crippen LogP contribution in [0.15, 0.2) is 52.3 Å². The van der Waals surface area contributed by atoms with Gasteiger partial charge in [-0.25, -0.2) is 0 Å². The molecule has 0 radical (unpaired) electrons. The van der Waals surface area contributed by atoms with Crippen molar-refractivity contribution in [2.24, 2.45) is 0 Å². The van der Waals surface area contributed by atoms with Crippen LogP contribution in [0.1, 0.15) is 26.2 Å². The van der Waals surface area contributed by atoms with Gasteiger partial charge in [-0.05, 0) is 30.7 Å². The minimum Gasteiger partial charge on any atom is -0.397 e. The molecule has 2 aromatic rings. The maximum atomic E-state index is 6.24. The Morgan fingerprint density at radius 1 is 1.00 bits per heavy atom. The van der Waals surface area contributed by atoms with Crippen LogP contribution < -0.4 is 10.6 Å². The third kappa shape index (κ3) is 2.38. The molecule has 0 amide bonds. The van der Waals surface area contributed by atoms with E-state index in [1.54, 1.807) is 0 Å². The highest BCUT2D eigenvalue weighted by Gasteiger charge is 2.24. The number of para-hydroxylation sites is 2. The summed E-state index contributed by atoms with van der Waals surface area (Å²) in [6, 6.07) is 14.8. The first-order chi connectivity index (χ1) is 9.81. The van der Waals surface area contributed by atoms with Gasteiger partial charge in [0.25, 0.3) is 0 Å². The van der Waals surface area contributed by atoms with E-state index in [0.29, 0.717) is 0 Å². The van der Waals surface area contributed by atoms with Gasteiger partial charge in [-0.2, -0.15) is 0 Å². The van der Waals surface area contributed by atoms with Crippen molar-refractivity contribution in [3.63, 3.8) is 0 Å². The highest BCUT2D eigenvalue weighted by atomic mass is 32.2. The number of benzene rings is 2. The molecular weight excluding hydrogens is 264 g/mol. The number of unbranched alkanes of at least 4 members (excludes halogenated alkanes) is 2. The summed E-state index contributed by atoms with van der Waals surface area (Å²) in [5, 5.41) is 0. The molecule has 1 heterocycles. The van der Waals surface area contributed by atoms with Crippen LogP contribution in [0.5, 0.6) is 0 Å². The summed E-state index contributed by atoms with van der Waals surface area (Å²) < 4.78 is 0. The number of nitrogen functional groups attached to an aromatic ring is 1. The Morgan fingerprint density at radius 2 is 1.80 bits per heavy atom. The van der Waals surface area contributed by atoms with Gasteiger partial charge in [0.15, 0.2) is 0 Å². The first-order valence-electron chi connectivity index (χ1n) is 7.24. The lowest BCUT2D eigenvalue weighted by Crippen LogP contribution is -2.23. The van der Waals surface area contributed by atoms with Crippen LogP contribution in [-0.2, 0) is 0 Å². The van der Waals surface area contributed by atoms with E-state index in [-0.39, 0.29) is 0 Å². The van der Waals surface area contributed by atoms with Gasteiger partial charge >= 0.3 is 0 Å². The second kappa shape index (κ2) is 5.80. The van der Waals surface area contributed by atoms with E-state index in [2.05, 4.69) is 42.2 Å². The Bertz CT molecular complexity index is 610. The summed E-state index contributed by atoms with van der Waals surface area (Å²) in [7, 11) is 0. The molecule has 0 saturated carbocycles. The first kappa shape index (κ1) is 13.4. The Hall–Kier alpha value is -1.61. The number of hydrogen-bond donors (Lipinski definition) is 1. The number of nitrogens with zero attached hydrogens (tertiary/aromatic N) is 1. The van der Waals surface area contributed by atoms with Crippen LogP contribution in [-0.4, -0.2) is 6.54 Å². The summed E-state index contributed by atoms with van der Waals surface area (Å²) in [4.78, 5) is 4.98. The van der Waals surface area contributed by atoms with Gasteiger partial charge in [0.2, 0.25) is 0 Å². The van der Waals surface area contributed by atoms with E-state index in [9.17, 15) is 0 Å². The first-order valence-corrected chi connectivity index (χ1v) is 8.06. The van der Waals surface area contributed by atoms with Crippen molar-refractivity contribution in [2.45, 2.75) is 36.0 Å². The number of nitrogens with two attached hydrogens (primary N) is 1. The number of anilines is 3. The zero-order valence-corrected chi connectivity index (χ0v) is 12.6. The largest absolute Gasteiger partial charge is 0.397 e. The van der Waals surface area contributed by atoms with E-state index < -0.39 is 0 Å². The Morgan fingerprint density at radius 3 is 2.65 bits per heavy atom. The molecule has 2 N–H and O–H groups in total. The molecule has 0 spiro atoms. The monoisotopic (exact) mass is 284 g/mol. The fourth-order valence-electron chi connectivity index (χ4n) is 2.67. The molecule has 1 aliphatic rings. The molecule has 3 heteroatoms. The van der Waals surface area contributed by atoms with Crippen molar-refractivity contribution in [1.29, 1.82) is 0 Å². The van der Waals surface area contributed by atoms with Gasteiger partial charge in [0.05, 0.1) is 17.1 Å². The third-order valence-corrected chi connectivity index (χ3v) is 4.78. The average molecular weight is 284 g/mol. The van der Waals surface area contributed by atoms with Crippen LogP contribution in [0.3, 0.4) is 0 Å². The standard InChI is InChI=1S/C17H20N2S/c1-2-3-6-12-19-14-9-4-5-10-15(14)20-16-11-7-8-13(18)17(16)19/h4-5,7-11H,2-3,6,12,18H2,1H3. The molecular formula is C17H20N2S. The molecule has 1 aliphatic heterocycles. The van der Waals surface area contributed by atoms with Crippen LogP contribution in [0.25, 0.3) is 0 Å². The highest BCUT2D eigenvalue weighted by molar-refractivity contribution is 7.99. The number of hydrogen-bond acceptors (Lipinski definition) is 3. The maximum Gasteiger partial charge on any atom is 0.0786 e. The third-order valence-electron chi connectivity index (χ3n) is 3.66. The Labute approximate surface area is 125 Å². The van der Waals surface area contributed by atoms with Crippen molar-refractivity contribution in [3.05, 3.63) is 42.5 Å². The van der Waals surface area contributed by atoms with Gasteiger partial charge in [-0.3, -0.25) is 0 Å². The van der Waals surface area contributed by atoms with Crippen molar-refractivity contribution in [3.8, 4) is 0 Å². The van der Waals surface area contributed by atoms with Crippen molar-refractivity contribution in [2.75, 3.05) is 17.2 Å². The average Bonchev–Trinajstić information content (AvgIpc) is 2.47. The maximum absolute atomic E-state index is 6.24. The van der Waals surface area contributed by atoms with Crippen molar-refractivity contribution in [1.82, 2.24) is 0 Å². The van der Waals surface area contributed by atoms with Gasteiger partial charge in [0.1, 0.15) is 0 Å². The molecule has 0 atom stereocenters. The van der Waals surface area contributed by atoms with E-state index >= 15 is 0 Å². The molecule has 0 fully saturated rings. The topological polar surface area (TPSA) is 29.3 Å². The summed E-state index contributed by atoms with van der Waals surface area (Å²) in [5.41, 5.74) is 9.59. The smallest absolute Gasteiger partial charge is 0.0786 e. The van der Waals surface area contributed by atoms with E-state index in [1.807, 2.05) is 23.9 Å². The lowest BCUT2D eigenvalue weighted by atomic mass is 10.1. The molecule has 20 heavy (non-hydrogen) atoms. The molecule has 0 saturated heterocycles. The predicted octanol–water partition coefficient (Wildman–Crippen LogP) is 5.06. The summed E-state index contributed by atoms with van der Waals surface area (Å²) >= 11 is 1.82. The minimum absolute atomic E-state index is 0.876. The number of fused-ring (bicyclic) bond motifs is 2. The number of rotatable bonds is 4. The lowest BCUT2D eigenvalue weighted by Gasteiger charge is -2.33. The quantitative estimate of drug-likeness (QED) is 0.628. The molecule has 3 rings (SSSR count). The highest BCUT2D eigenvalue weighted by Crippen LogP contribution is 2.50. The van der Waals surface area contributed by atoms with Crippen LogP contribution in [0.4, 0.5) is 17.1 Å². The molecule has 0 aromatic heterocycles.